The third kappa shape index (κ3) is 1.90. The Morgan fingerprint density at radius 3 is 2.87 bits per heavy atom. The normalized spacial score (nSPS) is 14.6. The van der Waals surface area contributed by atoms with Crippen molar-refractivity contribution in [2.24, 2.45) is 0 Å². The van der Waals surface area contributed by atoms with Crippen LogP contribution in [0.2, 0.25) is 0 Å². The SMILES string of the molecule is C=C(Cl)C(=O)N1CCCc2ccccc21. The van der Waals surface area contributed by atoms with Crippen molar-refractivity contribution in [3.8, 4) is 0 Å². The molecule has 0 bridgehead atoms. The molecule has 1 heterocycles. The van der Waals surface area contributed by atoms with Crippen LogP contribution in [-0.2, 0) is 11.2 Å². The van der Waals surface area contributed by atoms with E-state index in [1.165, 1.54) is 5.56 Å². The van der Waals surface area contributed by atoms with Crippen molar-refractivity contribution in [3.63, 3.8) is 0 Å². The maximum Gasteiger partial charge on any atom is 0.269 e. The second-order valence-electron chi connectivity index (χ2n) is 3.59. The Morgan fingerprint density at radius 1 is 1.40 bits per heavy atom. The number of benzene rings is 1. The molecule has 0 saturated heterocycles. The first-order chi connectivity index (χ1) is 7.20. The van der Waals surface area contributed by atoms with Crippen molar-refractivity contribution >= 4 is 23.2 Å². The summed E-state index contributed by atoms with van der Waals surface area (Å²) >= 11 is 5.64. The van der Waals surface area contributed by atoms with Crippen molar-refractivity contribution in [3.05, 3.63) is 41.4 Å². The van der Waals surface area contributed by atoms with Gasteiger partial charge in [-0.25, -0.2) is 0 Å². The van der Waals surface area contributed by atoms with Crippen LogP contribution in [0.4, 0.5) is 5.69 Å². The molecule has 15 heavy (non-hydrogen) atoms. The van der Waals surface area contributed by atoms with Crippen LogP contribution < -0.4 is 4.90 Å². The van der Waals surface area contributed by atoms with Gasteiger partial charge in [0.2, 0.25) is 0 Å². The molecule has 3 heteroatoms. The molecule has 78 valence electrons. The van der Waals surface area contributed by atoms with Gasteiger partial charge in [0, 0.05) is 12.2 Å². The van der Waals surface area contributed by atoms with Crippen LogP contribution >= 0.6 is 11.6 Å². The Labute approximate surface area is 94.2 Å². The second-order valence-corrected chi connectivity index (χ2v) is 4.05. The first kappa shape index (κ1) is 10.2. The molecule has 1 amide bonds. The summed E-state index contributed by atoms with van der Waals surface area (Å²) in [6.45, 7) is 4.20. The van der Waals surface area contributed by atoms with Gasteiger partial charge < -0.3 is 4.90 Å². The molecule has 1 aromatic rings. The van der Waals surface area contributed by atoms with E-state index in [1.54, 1.807) is 4.90 Å². The average Bonchev–Trinajstić information content (AvgIpc) is 2.27. The molecule has 0 N–H and O–H groups in total. The number of anilines is 1. The van der Waals surface area contributed by atoms with Gasteiger partial charge in [0.15, 0.2) is 0 Å². The lowest BCUT2D eigenvalue weighted by Crippen LogP contribution is -2.35. The van der Waals surface area contributed by atoms with Gasteiger partial charge in [0.05, 0.1) is 5.03 Å². The minimum Gasteiger partial charge on any atom is -0.307 e. The monoisotopic (exact) mass is 221 g/mol. The fourth-order valence-corrected chi connectivity index (χ4v) is 1.99. The minimum absolute atomic E-state index is 0.0757. The summed E-state index contributed by atoms with van der Waals surface area (Å²) in [5.41, 5.74) is 2.17. The number of hydrogen-bond acceptors (Lipinski definition) is 1. The highest BCUT2D eigenvalue weighted by molar-refractivity contribution is 6.43. The zero-order valence-corrected chi connectivity index (χ0v) is 9.13. The molecule has 2 nitrogen and oxygen atoms in total. The van der Waals surface area contributed by atoms with Crippen molar-refractivity contribution in [1.82, 2.24) is 0 Å². The van der Waals surface area contributed by atoms with E-state index in [1.807, 2.05) is 24.3 Å². The van der Waals surface area contributed by atoms with Crippen LogP contribution in [0.15, 0.2) is 35.9 Å². The van der Waals surface area contributed by atoms with Gasteiger partial charge in [-0.15, -0.1) is 0 Å². The Morgan fingerprint density at radius 2 is 2.13 bits per heavy atom. The van der Waals surface area contributed by atoms with Gasteiger partial charge >= 0.3 is 0 Å². The average molecular weight is 222 g/mol. The van der Waals surface area contributed by atoms with E-state index in [0.717, 1.165) is 25.1 Å². The highest BCUT2D eigenvalue weighted by Gasteiger charge is 2.22. The van der Waals surface area contributed by atoms with Crippen molar-refractivity contribution < 1.29 is 4.79 Å². The molecular weight excluding hydrogens is 210 g/mol. The Kier molecular flexibility index (Phi) is 2.78. The van der Waals surface area contributed by atoms with Crippen LogP contribution in [0.25, 0.3) is 0 Å². The molecule has 0 saturated carbocycles. The van der Waals surface area contributed by atoms with Gasteiger partial charge in [0.25, 0.3) is 5.91 Å². The molecule has 0 fully saturated rings. The first-order valence-electron chi connectivity index (χ1n) is 4.94. The van der Waals surface area contributed by atoms with E-state index in [-0.39, 0.29) is 10.9 Å². The van der Waals surface area contributed by atoms with Crippen LogP contribution in [-0.4, -0.2) is 12.5 Å². The second kappa shape index (κ2) is 4.07. The van der Waals surface area contributed by atoms with Crippen LogP contribution in [0.1, 0.15) is 12.0 Å². The van der Waals surface area contributed by atoms with Gasteiger partial charge in [0.1, 0.15) is 0 Å². The standard InChI is InChI=1S/C12H12ClNO/c1-9(13)12(15)14-8-4-6-10-5-2-3-7-11(10)14/h2-3,5,7H,1,4,6,8H2. The molecule has 2 rings (SSSR count). The zero-order chi connectivity index (χ0) is 10.8. The zero-order valence-electron chi connectivity index (χ0n) is 8.37. The molecule has 0 aliphatic carbocycles. The van der Waals surface area contributed by atoms with E-state index in [0.29, 0.717) is 0 Å². The molecule has 1 aromatic carbocycles. The number of carbonyl (C=O) groups is 1. The number of amides is 1. The topological polar surface area (TPSA) is 20.3 Å². The smallest absolute Gasteiger partial charge is 0.269 e. The van der Waals surface area contributed by atoms with E-state index >= 15 is 0 Å². The summed E-state index contributed by atoms with van der Waals surface area (Å²) in [6, 6.07) is 7.92. The molecular formula is C12H12ClNO. The summed E-state index contributed by atoms with van der Waals surface area (Å²) in [5, 5.41) is 0.0757. The van der Waals surface area contributed by atoms with Crippen LogP contribution in [0.3, 0.4) is 0 Å². The lowest BCUT2D eigenvalue weighted by Gasteiger charge is -2.29. The molecule has 1 aliphatic rings. The molecule has 0 spiro atoms. The molecule has 0 radical (unpaired) electrons. The van der Waals surface area contributed by atoms with Gasteiger partial charge in [-0.1, -0.05) is 36.4 Å². The lowest BCUT2D eigenvalue weighted by atomic mass is 10.0. The third-order valence-corrected chi connectivity index (χ3v) is 2.75. The summed E-state index contributed by atoms with van der Waals surface area (Å²) in [4.78, 5) is 13.5. The Hall–Kier alpha value is -1.28. The van der Waals surface area contributed by atoms with E-state index < -0.39 is 0 Å². The predicted octanol–water partition coefficient (Wildman–Crippen LogP) is 2.72. The van der Waals surface area contributed by atoms with Crippen molar-refractivity contribution in [2.75, 3.05) is 11.4 Å². The first-order valence-corrected chi connectivity index (χ1v) is 5.32. The van der Waals surface area contributed by atoms with E-state index in [4.69, 9.17) is 11.6 Å². The number of aryl methyl sites for hydroxylation is 1. The quantitative estimate of drug-likeness (QED) is 0.668. The lowest BCUT2D eigenvalue weighted by molar-refractivity contribution is -0.114. The largest absolute Gasteiger partial charge is 0.307 e. The number of halogens is 1. The number of carbonyl (C=O) groups excluding carboxylic acids is 1. The number of fused-ring (bicyclic) bond motifs is 1. The summed E-state index contributed by atoms with van der Waals surface area (Å²) in [5.74, 6) is -0.191. The number of hydrogen-bond donors (Lipinski definition) is 0. The highest BCUT2D eigenvalue weighted by Crippen LogP contribution is 2.27. The minimum atomic E-state index is -0.191. The maximum absolute atomic E-state index is 11.8. The van der Waals surface area contributed by atoms with Gasteiger partial charge in [-0.3, -0.25) is 4.79 Å². The fraction of sp³-hybridized carbons (Fsp3) is 0.250. The number of nitrogens with zero attached hydrogens (tertiary/aromatic N) is 1. The Balaban J connectivity index is 2.38. The van der Waals surface area contributed by atoms with Crippen molar-refractivity contribution in [1.29, 1.82) is 0 Å². The molecule has 1 aliphatic heterocycles. The van der Waals surface area contributed by atoms with Gasteiger partial charge in [-0.05, 0) is 24.5 Å². The highest BCUT2D eigenvalue weighted by atomic mass is 35.5. The number of rotatable bonds is 1. The molecule has 0 unspecified atom stereocenters. The third-order valence-electron chi connectivity index (χ3n) is 2.59. The number of para-hydroxylation sites is 1. The molecule has 0 atom stereocenters. The molecule has 0 aromatic heterocycles. The summed E-state index contributed by atoms with van der Waals surface area (Å²) in [7, 11) is 0. The Bertz CT molecular complexity index is 414. The summed E-state index contributed by atoms with van der Waals surface area (Å²) in [6.07, 6.45) is 2.00. The maximum atomic E-state index is 11.8. The van der Waals surface area contributed by atoms with E-state index in [9.17, 15) is 4.79 Å². The fourth-order valence-electron chi connectivity index (χ4n) is 1.89. The van der Waals surface area contributed by atoms with E-state index in [2.05, 4.69) is 6.58 Å². The van der Waals surface area contributed by atoms with Crippen LogP contribution in [0, 0.1) is 0 Å². The predicted molar refractivity (Wildman–Crippen MR) is 62.1 cm³/mol. The van der Waals surface area contributed by atoms with Crippen LogP contribution in [0.5, 0.6) is 0 Å². The summed E-state index contributed by atoms with van der Waals surface area (Å²) < 4.78 is 0. The van der Waals surface area contributed by atoms with Crippen molar-refractivity contribution in [2.45, 2.75) is 12.8 Å². The van der Waals surface area contributed by atoms with Gasteiger partial charge in [-0.2, -0.15) is 0 Å².